The van der Waals surface area contributed by atoms with Crippen LogP contribution >= 0.6 is 0 Å². The monoisotopic (exact) mass is 136 g/mol. The van der Waals surface area contributed by atoms with E-state index in [1.165, 1.54) is 0 Å². The van der Waals surface area contributed by atoms with E-state index in [4.69, 9.17) is 0 Å². The first kappa shape index (κ1) is 8.36. The van der Waals surface area contributed by atoms with Gasteiger partial charge < -0.3 is 0 Å². The molecule has 0 saturated heterocycles. The highest BCUT2D eigenvalue weighted by molar-refractivity contribution is 5.73. The van der Waals surface area contributed by atoms with Gasteiger partial charge in [0.1, 0.15) is 0 Å². The van der Waals surface area contributed by atoms with Gasteiger partial charge in [0, 0.05) is 0 Å². The minimum atomic E-state index is -1.61. The Morgan fingerprint density at radius 3 is 2.67 bits per heavy atom. The molecule has 0 N–H and O–H groups in total. The number of hydrogen-bond acceptors (Lipinski definition) is 3. The lowest BCUT2D eigenvalue weighted by molar-refractivity contribution is -0.273. The highest BCUT2D eigenvalue weighted by Crippen LogP contribution is 1.92. The Labute approximate surface area is 52.7 Å². The molecule has 3 nitrogen and oxygen atoms in total. The van der Waals surface area contributed by atoms with Crippen molar-refractivity contribution in [1.29, 1.82) is 0 Å². The van der Waals surface area contributed by atoms with Gasteiger partial charge in [0.05, 0.1) is 6.61 Å². The summed E-state index contributed by atoms with van der Waals surface area (Å²) in [6.45, 7) is 2.95. The highest BCUT2D eigenvalue weighted by Gasteiger charge is 2.12. The molecule has 0 fully saturated rings. The summed E-state index contributed by atoms with van der Waals surface area (Å²) in [4.78, 5) is 18.3. The van der Waals surface area contributed by atoms with Gasteiger partial charge in [-0.15, -0.1) is 0 Å². The van der Waals surface area contributed by atoms with Crippen LogP contribution in [0, 0.1) is 0 Å². The van der Waals surface area contributed by atoms with E-state index in [1.807, 2.05) is 0 Å². The van der Waals surface area contributed by atoms with E-state index in [2.05, 4.69) is 9.78 Å². The maximum Gasteiger partial charge on any atom is 0.375 e. The van der Waals surface area contributed by atoms with E-state index in [1.54, 1.807) is 6.92 Å². The van der Waals surface area contributed by atoms with E-state index in [9.17, 15) is 9.18 Å². The fraction of sp³-hybridized carbons (Fsp3) is 0.800. The summed E-state index contributed by atoms with van der Waals surface area (Å²) in [6, 6.07) is 0. The fourth-order valence-corrected chi connectivity index (χ4v) is 0.183. The lowest BCUT2D eigenvalue weighted by Gasteiger charge is -1.99. The molecule has 0 heterocycles. The first-order valence-corrected chi connectivity index (χ1v) is 2.65. The largest absolute Gasteiger partial charge is 0.375 e. The van der Waals surface area contributed by atoms with Crippen molar-refractivity contribution in [2.45, 2.75) is 20.0 Å². The average molecular weight is 136 g/mol. The molecule has 0 aliphatic rings. The summed E-state index contributed by atoms with van der Waals surface area (Å²) in [5.74, 6) is -0.989. The van der Waals surface area contributed by atoms with Gasteiger partial charge in [0.2, 0.25) is 0 Å². The zero-order valence-electron chi connectivity index (χ0n) is 5.39. The lowest BCUT2D eigenvalue weighted by Crippen LogP contribution is -2.15. The molecule has 0 aliphatic carbocycles. The molecular formula is C5H9FO3. The van der Waals surface area contributed by atoms with Gasteiger partial charge in [-0.2, -0.15) is 4.89 Å². The number of hydrogen-bond donors (Lipinski definition) is 0. The van der Waals surface area contributed by atoms with Crippen LogP contribution in [-0.2, 0) is 14.6 Å². The molecule has 1 atom stereocenters. The maximum absolute atomic E-state index is 11.9. The van der Waals surface area contributed by atoms with Crippen LogP contribution in [0.1, 0.15) is 13.8 Å². The number of carbonyl (C=O) groups is 1. The summed E-state index contributed by atoms with van der Waals surface area (Å²) >= 11 is 0. The van der Waals surface area contributed by atoms with E-state index in [0.717, 1.165) is 6.92 Å². The van der Waals surface area contributed by atoms with Crippen LogP contribution in [0.2, 0.25) is 0 Å². The van der Waals surface area contributed by atoms with Crippen LogP contribution in [0.15, 0.2) is 0 Å². The van der Waals surface area contributed by atoms with Crippen molar-refractivity contribution in [3.05, 3.63) is 0 Å². The van der Waals surface area contributed by atoms with Crippen molar-refractivity contribution in [3.63, 3.8) is 0 Å². The third-order valence-electron chi connectivity index (χ3n) is 0.584. The van der Waals surface area contributed by atoms with Crippen molar-refractivity contribution >= 4 is 5.97 Å². The Kier molecular flexibility index (Phi) is 3.96. The summed E-state index contributed by atoms with van der Waals surface area (Å²) in [5.41, 5.74) is 0. The van der Waals surface area contributed by atoms with Gasteiger partial charge in [-0.05, 0) is 13.8 Å². The van der Waals surface area contributed by atoms with Gasteiger partial charge in [-0.3, -0.25) is 4.89 Å². The Bertz CT molecular complexity index is 92.2. The summed E-state index contributed by atoms with van der Waals surface area (Å²) in [5, 5.41) is 0. The first-order chi connectivity index (χ1) is 4.18. The van der Waals surface area contributed by atoms with E-state index >= 15 is 0 Å². The standard InChI is InChI=1S/C5H9FO3/c1-3-8-9-5(7)4(2)6/h4H,3H2,1-2H3. The van der Waals surface area contributed by atoms with E-state index in [-0.39, 0.29) is 6.61 Å². The minimum absolute atomic E-state index is 0.235. The number of carbonyl (C=O) groups excluding carboxylic acids is 1. The molecule has 0 radical (unpaired) electrons. The highest BCUT2D eigenvalue weighted by atomic mass is 19.1. The molecule has 0 aromatic heterocycles. The second-order valence-electron chi connectivity index (χ2n) is 1.42. The summed E-state index contributed by atoms with van der Waals surface area (Å²) < 4.78 is 11.9. The number of alkyl halides is 1. The molecule has 0 bridgehead atoms. The SMILES string of the molecule is CCOOC(=O)C(C)F. The molecule has 0 aliphatic heterocycles. The predicted molar refractivity (Wildman–Crippen MR) is 28.3 cm³/mol. The van der Waals surface area contributed by atoms with Crippen LogP contribution in [0.25, 0.3) is 0 Å². The molecular weight excluding hydrogens is 127 g/mol. The van der Waals surface area contributed by atoms with Crippen LogP contribution in [0.5, 0.6) is 0 Å². The molecule has 1 unspecified atom stereocenters. The van der Waals surface area contributed by atoms with Crippen molar-refractivity contribution in [2.75, 3.05) is 6.61 Å². The van der Waals surface area contributed by atoms with Gasteiger partial charge in [-0.25, -0.2) is 9.18 Å². The molecule has 0 amide bonds. The smallest absolute Gasteiger partial charge is 0.295 e. The second-order valence-corrected chi connectivity index (χ2v) is 1.42. The lowest BCUT2D eigenvalue weighted by atomic mass is 10.5. The Balaban J connectivity index is 3.28. The summed E-state index contributed by atoms with van der Waals surface area (Å²) in [7, 11) is 0. The molecule has 0 aromatic carbocycles. The second kappa shape index (κ2) is 4.26. The van der Waals surface area contributed by atoms with Gasteiger partial charge in [0.15, 0.2) is 6.17 Å². The van der Waals surface area contributed by atoms with Gasteiger partial charge >= 0.3 is 5.97 Å². The van der Waals surface area contributed by atoms with Crippen molar-refractivity contribution in [2.24, 2.45) is 0 Å². The fourth-order valence-electron chi connectivity index (χ4n) is 0.183. The minimum Gasteiger partial charge on any atom is -0.295 e. The normalized spacial score (nSPS) is 12.8. The topological polar surface area (TPSA) is 35.5 Å². The van der Waals surface area contributed by atoms with Crippen LogP contribution in [0.4, 0.5) is 4.39 Å². The first-order valence-electron chi connectivity index (χ1n) is 2.65. The molecule has 9 heavy (non-hydrogen) atoms. The predicted octanol–water partition coefficient (Wildman–Crippen LogP) is 0.839. The molecule has 54 valence electrons. The molecule has 0 aromatic rings. The van der Waals surface area contributed by atoms with Crippen LogP contribution in [-0.4, -0.2) is 18.7 Å². The zero-order chi connectivity index (χ0) is 7.28. The van der Waals surface area contributed by atoms with Crippen LogP contribution in [0.3, 0.4) is 0 Å². The van der Waals surface area contributed by atoms with Gasteiger partial charge in [0.25, 0.3) is 0 Å². The summed E-state index contributed by atoms with van der Waals surface area (Å²) in [6.07, 6.45) is -1.61. The molecule has 0 rings (SSSR count). The maximum atomic E-state index is 11.9. The number of rotatable bonds is 3. The molecule has 0 saturated carbocycles. The van der Waals surface area contributed by atoms with Gasteiger partial charge in [-0.1, -0.05) is 0 Å². The van der Waals surface area contributed by atoms with Crippen molar-refractivity contribution in [1.82, 2.24) is 0 Å². The van der Waals surface area contributed by atoms with E-state index < -0.39 is 12.1 Å². The quantitative estimate of drug-likeness (QED) is 0.426. The zero-order valence-corrected chi connectivity index (χ0v) is 5.39. The molecule has 4 heteroatoms. The Hall–Kier alpha value is -0.640. The average Bonchev–Trinajstić information content (AvgIpc) is 1.82. The van der Waals surface area contributed by atoms with Crippen molar-refractivity contribution in [3.8, 4) is 0 Å². The van der Waals surface area contributed by atoms with E-state index in [0.29, 0.717) is 0 Å². The third-order valence-corrected chi connectivity index (χ3v) is 0.584. The number of halogens is 1. The molecule has 0 spiro atoms. The Morgan fingerprint density at radius 2 is 2.33 bits per heavy atom. The third kappa shape index (κ3) is 3.90. The van der Waals surface area contributed by atoms with Crippen molar-refractivity contribution < 1.29 is 19.0 Å². The Morgan fingerprint density at radius 1 is 1.78 bits per heavy atom. The van der Waals surface area contributed by atoms with Crippen LogP contribution < -0.4 is 0 Å².